The molecule has 0 unspecified atom stereocenters. The maximum atomic E-state index is 9.69. The van der Waals surface area contributed by atoms with Crippen LogP contribution < -0.4 is 0 Å². The molecular formula is C13H16N4O2S. The lowest BCUT2D eigenvalue weighted by atomic mass is 10.2. The zero-order valence-electron chi connectivity index (χ0n) is 11.1. The van der Waals surface area contributed by atoms with E-state index in [-0.39, 0.29) is 11.5 Å². The lowest BCUT2D eigenvalue weighted by molar-refractivity contribution is 0.450. The standard InChI is InChI=1S/C13H16N4O2S/c1-2-3-4-12-15-16-13(20)17(12)14-8-9-5-6-10(18)7-11(9)19/h5-8,18-19H,2-4H2,1H3,(H,16,20)/b14-8+. The highest BCUT2D eigenvalue weighted by Gasteiger charge is 2.05. The maximum absolute atomic E-state index is 9.69. The normalized spacial score (nSPS) is 11.2. The monoisotopic (exact) mass is 292 g/mol. The number of hydrogen-bond acceptors (Lipinski definition) is 5. The molecule has 2 aromatic rings. The fraction of sp³-hybridized carbons (Fsp3) is 0.308. The first-order valence-electron chi connectivity index (χ1n) is 6.34. The van der Waals surface area contributed by atoms with Gasteiger partial charge in [-0.3, -0.25) is 5.10 Å². The van der Waals surface area contributed by atoms with Gasteiger partial charge in [-0.15, -0.1) is 0 Å². The van der Waals surface area contributed by atoms with E-state index in [1.165, 1.54) is 23.0 Å². The van der Waals surface area contributed by atoms with Gasteiger partial charge < -0.3 is 10.2 Å². The second-order valence-corrected chi connectivity index (χ2v) is 4.73. The van der Waals surface area contributed by atoms with Gasteiger partial charge in [-0.05, 0) is 30.8 Å². The van der Waals surface area contributed by atoms with Crippen molar-refractivity contribution in [2.75, 3.05) is 0 Å². The van der Waals surface area contributed by atoms with Crippen molar-refractivity contribution in [3.63, 3.8) is 0 Å². The minimum atomic E-state index is -0.0427. The molecule has 0 aliphatic carbocycles. The van der Waals surface area contributed by atoms with Crippen LogP contribution in [0.5, 0.6) is 11.5 Å². The zero-order chi connectivity index (χ0) is 14.5. The van der Waals surface area contributed by atoms with Crippen LogP contribution in [0.25, 0.3) is 0 Å². The van der Waals surface area contributed by atoms with Gasteiger partial charge in [0.1, 0.15) is 11.5 Å². The van der Waals surface area contributed by atoms with E-state index in [0.717, 1.165) is 25.1 Å². The number of aromatic hydroxyl groups is 2. The fourth-order valence-corrected chi connectivity index (χ4v) is 1.90. The third-order valence-electron chi connectivity index (χ3n) is 2.80. The second kappa shape index (κ2) is 6.33. The number of unbranched alkanes of at least 4 members (excludes halogenated alkanes) is 1. The first-order valence-corrected chi connectivity index (χ1v) is 6.75. The summed E-state index contributed by atoms with van der Waals surface area (Å²) in [6.07, 6.45) is 4.32. The third-order valence-corrected chi connectivity index (χ3v) is 3.06. The smallest absolute Gasteiger partial charge is 0.216 e. The predicted molar refractivity (Wildman–Crippen MR) is 78.8 cm³/mol. The molecule has 3 N–H and O–H groups in total. The highest BCUT2D eigenvalue weighted by molar-refractivity contribution is 7.71. The Hall–Kier alpha value is -2.15. The topological polar surface area (TPSA) is 86.4 Å². The highest BCUT2D eigenvalue weighted by Crippen LogP contribution is 2.20. The number of rotatable bonds is 5. The van der Waals surface area contributed by atoms with E-state index in [4.69, 9.17) is 12.2 Å². The summed E-state index contributed by atoms with van der Waals surface area (Å²) in [5, 5.41) is 30.0. The molecule has 1 aromatic carbocycles. The molecule has 1 heterocycles. The van der Waals surface area contributed by atoms with Crippen LogP contribution in [-0.2, 0) is 6.42 Å². The van der Waals surface area contributed by atoms with Gasteiger partial charge in [-0.1, -0.05) is 13.3 Å². The van der Waals surface area contributed by atoms with Crippen molar-refractivity contribution in [3.8, 4) is 11.5 Å². The summed E-state index contributed by atoms with van der Waals surface area (Å²) in [5.74, 6) is 0.716. The number of benzene rings is 1. The van der Waals surface area contributed by atoms with Crippen molar-refractivity contribution < 1.29 is 10.2 Å². The van der Waals surface area contributed by atoms with Crippen LogP contribution in [0.15, 0.2) is 23.3 Å². The first kappa shape index (κ1) is 14.3. The molecule has 6 nitrogen and oxygen atoms in total. The van der Waals surface area contributed by atoms with E-state index in [9.17, 15) is 10.2 Å². The van der Waals surface area contributed by atoms with Crippen LogP contribution in [0, 0.1) is 4.77 Å². The molecule has 2 rings (SSSR count). The number of phenolic OH excluding ortho intramolecular Hbond substituents is 2. The molecule has 106 valence electrons. The van der Waals surface area contributed by atoms with Gasteiger partial charge >= 0.3 is 0 Å². The Bertz CT molecular complexity index is 675. The molecule has 0 spiro atoms. The van der Waals surface area contributed by atoms with E-state index in [1.54, 1.807) is 6.07 Å². The van der Waals surface area contributed by atoms with Gasteiger partial charge in [0, 0.05) is 18.1 Å². The van der Waals surface area contributed by atoms with E-state index in [0.29, 0.717) is 10.3 Å². The summed E-state index contributed by atoms with van der Waals surface area (Å²) in [6.45, 7) is 2.10. The molecule has 7 heteroatoms. The number of nitrogens with one attached hydrogen (secondary N) is 1. The molecule has 0 saturated heterocycles. The Balaban J connectivity index is 2.27. The lowest BCUT2D eigenvalue weighted by Crippen LogP contribution is -1.99. The summed E-state index contributed by atoms with van der Waals surface area (Å²) < 4.78 is 1.95. The van der Waals surface area contributed by atoms with Gasteiger partial charge in [0.25, 0.3) is 0 Å². The number of aromatic amines is 1. The minimum absolute atomic E-state index is 0.00297. The number of H-pyrrole nitrogens is 1. The van der Waals surface area contributed by atoms with Crippen LogP contribution in [0.4, 0.5) is 0 Å². The van der Waals surface area contributed by atoms with Crippen molar-refractivity contribution in [2.24, 2.45) is 5.10 Å². The van der Waals surface area contributed by atoms with Crippen LogP contribution in [-0.4, -0.2) is 31.3 Å². The third kappa shape index (κ3) is 3.24. The molecular weight excluding hydrogens is 276 g/mol. The van der Waals surface area contributed by atoms with Crippen molar-refractivity contribution in [1.82, 2.24) is 14.9 Å². The van der Waals surface area contributed by atoms with Crippen molar-refractivity contribution in [3.05, 3.63) is 34.4 Å². The summed E-state index contributed by atoms with van der Waals surface area (Å²) in [7, 11) is 0. The molecule has 0 amide bonds. The molecule has 0 aliphatic heterocycles. The van der Waals surface area contributed by atoms with E-state index >= 15 is 0 Å². The largest absolute Gasteiger partial charge is 0.508 e. The summed E-state index contributed by atoms with van der Waals surface area (Å²) in [6, 6.07) is 4.31. The Morgan fingerprint density at radius 2 is 2.25 bits per heavy atom. The van der Waals surface area contributed by atoms with Gasteiger partial charge in [-0.25, -0.2) is 0 Å². The van der Waals surface area contributed by atoms with E-state index in [2.05, 4.69) is 22.2 Å². The lowest BCUT2D eigenvalue weighted by Gasteiger charge is -2.01. The van der Waals surface area contributed by atoms with Gasteiger partial charge in [0.15, 0.2) is 5.82 Å². The second-order valence-electron chi connectivity index (χ2n) is 4.35. The summed E-state index contributed by atoms with van der Waals surface area (Å²) in [5.41, 5.74) is 0.493. The fourth-order valence-electron chi connectivity index (χ4n) is 1.70. The molecule has 0 radical (unpaired) electrons. The Morgan fingerprint density at radius 3 is 2.95 bits per heavy atom. The first-order chi connectivity index (χ1) is 9.61. The van der Waals surface area contributed by atoms with Crippen LogP contribution >= 0.6 is 12.2 Å². The average Bonchev–Trinajstić information content (AvgIpc) is 2.76. The summed E-state index contributed by atoms with van der Waals surface area (Å²) in [4.78, 5) is 0. The molecule has 0 bridgehead atoms. The van der Waals surface area contributed by atoms with Crippen LogP contribution in [0.3, 0.4) is 0 Å². The molecule has 20 heavy (non-hydrogen) atoms. The predicted octanol–water partition coefficient (Wildman–Crippen LogP) is 2.58. The van der Waals surface area contributed by atoms with Crippen LogP contribution in [0.2, 0.25) is 0 Å². The van der Waals surface area contributed by atoms with Crippen molar-refractivity contribution >= 4 is 18.4 Å². The average molecular weight is 292 g/mol. The molecule has 0 atom stereocenters. The Morgan fingerprint density at radius 1 is 1.45 bits per heavy atom. The van der Waals surface area contributed by atoms with Gasteiger partial charge in [0.05, 0.1) is 6.21 Å². The summed E-state index contributed by atoms with van der Waals surface area (Å²) >= 11 is 5.12. The highest BCUT2D eigenvalue weighted by atomic mass is 32.1. The molecule has 1 aromatic heterocycles. The number of nitrogens with zero attached hydrogens (tertiary/aromatic N) is 3. The Labute approximate surface area is 121 Å². The van der Waals surface area contributed by atoms with Gasteiger partial charge in [-0.2, -0.15) is 14.9 Å². The molecule has 0 fully saturated rings. The van der Waals surface area contributed by atoms with Crippen molar-refractivity contribution in [1.29, 1.82) is 0 Å². The quantitative estimate of drug-likeness (QED) is 0.584. The maximum Gasteiger partial charge on any atom is 0.216 e. The Kier molecular flexibility index (Phi) is 4.52. The minimum Gasteiger partial charge on any atom is -0.508 e. The number of aromatic nitrogens is 3. The zero-order valence-corrected chi connectivity index (χ0v) is 11.9. The number of phenols is 2. The SMILES string of the molecule is CCCCc1n[nH]c(=S)n1/N=C/c1ccc(O)cc1O. The number of hydrogen-bond donors (Lipinski definition) is 3. The van der Waals surface area contributed by atoms with Gasteiger partial charge in [0.2, 0.25) is 4.77 Å². The number of aryl methyl sites for hydroxylation is 1. The van der Waals surface area contributed by atoms with E-state index in [1.807, 2.05) is 0 Å². The van der Waals surface area contributed by atoms with E-state index < -0.39 is 0 Å². The molecule has 0 saturated carbocycles. The van der Waals surface area contributed by atoms with Crippen LogP contribution in [0.1, 0.15) is 31.2 Å². The van der Waals surface area contributed by atoms with Crippen molar-refractivity contribution in [2.45, 2.75) is 26.2 Å². The molecule has 0 aliphatic rings.